The van der Waals surface area contributed by atoms with Gasteiger partial charge in [0.1, 0.15) is 6.10 Å². The minimum absolute atomic E-state index is 0.0700. The van der Waals surface area contributed by atoms with E-state index >= 15 is 0 Å². The Morgan fingerprint density at radius 2 is 2.16 bits per heavy atom. The molecule has 4 unspecified atom stereocenters. The summed E-state index contributed by atoms with van der Waals surface area (Å²) in [5, 5.41) is 11.5. The normalized spacial score (nSPS) is 22.6. The molecule has 0 aliphatic carbocycles. The predicted octanol–water partition coefficient (Wildman–Crippen LogP) is 2.59. The summed E-state index contributed by atoms with van der Waals surface area (Å²) in [7, 11) is 1.58. The fourth-order valence-corrected chi connectivity index (χ4v) is 2.56. The van der Waals surface area contributed by atoms with E-state index in [1.165, 1.54) is 0 Å². The summed E-state index contributed by atoms with van der Waals surface area (Å²) >= 11 is 5.93. The summed E-state index contributed by atoms with van der Waals surface area (Å²) in [6.07, 6.45) is 0.945. The zero-order valence-electron chi connectivity index (χ0n) is 14.4. The maximum atomic E-state index is 8.73. The Hall–Kier alpha value is -1.38. The van der Waals surface area contributed by atoms with Crippen molar-refractivity contribution >= 4 is 17.4 Å². The van der Waals surface area contributed by atoms with Crippen LogP contribution in [-0.4, -0.2) is 49.3 Å². The van der Waals surface area contributed by atoms with Crippen molar-refractivity contribution in [2.75, 3.05) is 20.3 Å². The van der Waals surface area contributed by atoms with E-state index in [1.54, 1.807) is 13.2 Å². The summed E-state index contributed by atoms with van der Waals surface area (Å²) in [5.74, 6) is 0.0700. The third-order valence-corrected chi connectivity index (χ3v) is 3.99. The van der Waals surface area contributed by atoms with E-state index in [-0.39, 0.29) is 29.9 Å². The second-order valence-electron chi connectivity index (χ2n) is 5.77. The number of oxime groups is 1. The number of rotatable bonds is 11. The number of halogens is 1. The number of methoxy groups -OCH3 is 1. The molecular formula is C17H25ClN2O5. The number of alkyl halides is 1. The third-order valence-electron chi connectivity index (χ3n) is 3.78. The number of nitrogens with zero attached hydrogens (tertiary/aromatic N) is 1. The van der Waals surface area contributed by atoms with Crippen LogP contribution in [-0.2, 0) is 18.9 Å². The Bertz CT molecular complexity index is 570. The van der Waals surface area contributed by atoms with Crippen molar-refractivity contribution in [2.24, 2.45) is 10.9 Å². The lowest BCUT2D eigenvalue weighted by Gasteiger charge is -2.18. The summed E-state index contributed by atoms with van der Waals surface area (Å²) in [5.41, 5.74) is 7.18. The van der Waals surface area contributed by atoms with Crippen LogP contribution in [0.1, 0.15) is 37.0 Å². The predicted molar refractivity (Wildman–Crippen MR) is 93.8 cm³/mol. The maximum absolute atomic E-state index is 8.73. The molecule has 0 radical (unpaired) electrons. The second kappa shape index (κ2) is 9.94. The van der Waals surface area contributed by atoms with Crippen molar-refractivity contribution in [3.8, 4) is 0 Å². The fourth-order valence-electron chi connectivity index (χ4n) is 2.39. The SMILES string of the molecule is COC(OCCCCOC1OC1c1cccc(/C(N)=N/O)c1)C(C)Cl. The van der Waals surface area contributed by atoms with Crippen molar-refractivity contribution in [1.82, 2.24) is 0 Å². The van der Waals surface area contributed by atoms with E-state index in [1.807, 2.05) is 25.1 Å². The molecular weight excluding hydrogens is 348 g/mol. The van der Waals surface area contributed by atoms with E-state index in [4.69, 9.17) is 41.5 Å². The Balaban J connectivity index is 1.63. The molecule has 1 aliphatic heterocycles. The first-order valence-electron chi connectivity index (χ1n) is 8.20. The molecule has 140 valence electrons. The van der Waals surface area contributed by atoms with Crippen molar-refractivity contribution in [2.45, 2.75) is 43.8 Å². The zero-order chi connectivity index (χ0) is 18.2. The van der Waals surface area contributed by atoms with Crippen LogP contribution in [0.4, 0.5) is 0 Å². The molecule has 1 aromatic carbocycles. The van der Waals surface area contributed by atoms with Crippen LogP contribution in [0, 0.1) is 0 Å². The first-order valence-corrected chi connectivity index (χ1v) is 8.64. The molecule has 2 rings (SSSR count). The maximum Gasteiger partial charge on any atom is 0.189 e. The van der Waals surface area contributed by atoms with E-state index < -0.39 is 0 Å². The van der Waals surface area contributed by atoms with Gasteiger partial charge in [0.05, 0.1) is 5.38 Å². The highest BCUT2D eigenvalue weighted by Gasteiger charge is 2.41. The number of nitrogens with two attached hydrogens (primary N) is 1. The number of hydrogen-bond donors (Lipinski definition) is 2. The molecule has 0 spiro atoms. The van der Waals surface area contributed by atoms with Gasteiger partial charge >= 0.3 is 0 Å². The van der Waals surface area contributed by atoms with Crippen LogP contribution in [0.2, 0.25) is 0 Å². The summed E-state index contributed by atoms with van der Waals surface area (Å²) in [6.45, 7) is 2.98. The summed E-state index contributed by atoms with van der Waals surface area (Å²) in [6, 6.07) is 7.36. The standard InChI is InChI=1S/C17H25ClN2O5/c1-11(18)16(22-2)23-8-3-4-9-24-17-14(25-17)12-6-5-7-13(10-12)15(19)20-21/h5-7,10-11,14,16-17,21H,3-4,8-9H2,1-2H3,(H2,19,20). The molecule has 1 aromatic rings. The van der Waals surface area contributed by atoms with E-state index in [9.17, 15) is 0 Å². The van der Waals surface area contributed by atoms with Crippen molar-refractivity contribution in [1.29, 1.82) is 0 Å². The van der Waals surface area contributed by atoms with Crippen LogP contribution in [0.25, 0.3) is 0 Å². The highest BCUT2D eigenvalue weighted by molar-refractivity contribution is 6.20. The van der Waals surface area contributed by atoms with Crippen molar-refractivity contribution < 1.29 is 24.2 Å². The van der Waals surface area contributed by atoms with Gasteiger partial charge in [0.2, 0.25) is 0 Å². The molecule has 1 saturated heterocycles. The number of epoxide rings is 1. The highest BCUT2D eigenvalue weighted by atomic mass is 35.5. The highest BCUT2D eigenvalue weighted by Crippen LogP contribution is 2.39. The lowest BCUT2D eigenvalue weighted by atomic mass is 10.1. The van der Waals surface area contributed by atoms with Crippen molar-refractivity contribution in [3.63, 3.8) is 0 Å². The van der Waals surface area contributed by atoms with Crippen LogP contribution in [0.15, 0.2) is 29.4 Å². The molecule has 25 heavy (non-hydrogen) atoms. The first-order chi connectivity index (χ1) is 12.1. The Labute approximate surface area is 152 Å². The molecule has 1 aliphatic rings. The van der Waals surface area contributed by atoms with E-state index in [0.29, 0.717) is 18.8 Å². The minimum atomic E-state index is -0.388. The topological polar surface area (TPSA) is 98.8 Å². The first kappa shape index (κ1) is 19.9. The van der Waals surface area contributed by atoms with Gasteiger partial charge in [0.15, 0.2) is 18.4 Å². The van der Waals surface area contributed by atoms with Gasteiger partial charge in [-0.2, -0.15) is 0 Å². The van der Waals surface area contributed by atoms with Crippen LogP contribution in [0.3, 0.4) is 0 Å². The summed E-state index contributed by atoms with van der Waals surface area (Å²) in [4.78, 5) is 0. The molecule has 0 bridgehead atoms. The van der Waals surface area contributed by atoms with Gasteiger partial charge in [-0.15, -0.1) is 11.6 Å². The van der Waals surface area contributed by atoms with Gasteiger partial charge in [-0.05, 0) is 31.4 Å². The molecule has 1 fully saturated rings. The average molecular weight is 373 g/mol. The molecule has 0 aromatic heterocycles. The minimum Gasteiger partial charge on any atom is -0.409 e. The van der Waals surface area contributed by atoms with Crippen LogP contribution >= 0.6 is 11.6 Å². The van der Waals surface area contributed by atoms with E-state index in [0.717, 1.165) is 18.4 Å². The van der Waals surface area contributed by atoms with Gasteiger partial charge in [-0.3, -0.25) is 0 Å². The van der Waals surface area contributed by atoms with Gasteiger partial charge < -0.3 is 29.9 Å². The number of amidine groups is 1. The zero-order valence-corrected chi connectivity index (χ0v) is 15.2. The Kier molecular flexibility index (Phi) is 7.92. The third kappa shape index (κ3) is 6.13. The number of hydrogen-bond acceptors (Lipinski definition) is 6. The Morgan fingerprint density at radius 1 is 1.40 bits per heavy atom. The van der Waals surface area contributed by atoms with Gasteiger partial charge in [-0.1, -0.05) is 23.4 Å². The number of ether oxygens (including phenoxy) is 4. The number of benzene rings is 1. The summed E-state index contributed by atoms with van der Waals surface area (Å²) < 4.78 is 21.9. The lowest BCUT2D eigenvalue weighted by Crippen LogP contribution is -2.24. The van der Waals surface area contributed by atoms with Crippen LogP contribution < -0.4 is 5.73 Å². The molecule has 1 heterocycles. The molecule has 4 atom stereocenters. The monoisotopic (exact) mass is 372 g/mol. The molecule has 8 heteroatoms. The van der Waals surface area contributed by atoms with E-state index in [2.05, 4.69) is 5.16 Å². The smallest absolute Gasteiger partial charge is 0.189 e. The van der Waals surface area contributed by atoms with Crippen molar-refractivity contribution in [3.05, 3.63) is 35.4 Å². The quantitative estimate of drug-likeness (QED) is 0.0905. The van der Waals surface area contributed by atoms with Gasteiger partial charge in [-0.25, -0.2) is 0 Å². The van der Waals surface area contributed by atoms with Gasteiger partial charge in [0, 0.05) is 25.9 Å². The number of unbranched alkanes of at least 4 members (excludes halogenated alkanes) is 1. The van der Waals surface area contributed by atoms with Gasteiger partial charge in [0.25, 0.3) is 0 Å². The molecule has 7 nitrogen and oxygen atoms in total. The Morgan fingerprint density at radius 3 is 2.84 bits per heavy atom. The lowest BCUT2D eigenvalue weighted by molar-refractivity contribution is -0.123. The molecule has 0 saturated carbocycles. The fraction of sp³-hybridized carbons (Fsp3) is 0.588. The largest absolute Gasteiger partial charge is 0.409 e. The molecule has 3 N–H and O–H groups in total. The second-order valence-corrected chi connectivity index (χ2v) is 6.45. The average Bonchev–Trinajstić information content (AvgIpc) is 3.39. The molecule has 0 amide bonds. The van der Waals surface area contributed by atoms with Crippen LogP contribution in [0.5, 0.6) is 0 Å².